The van der Waals surface area contributed by atoms with Crippen LogP contribution in [0.4, 0.5) is 4.39 Å². The van der Waals surface area contributed by atoms with Crippen molar-refractivity contribution in [3.63, 3.8) is 0 Å². The summed E-state index contributed by atoms with van der Waals surface area (Å²) >= 11 is 0. The van der Waals surface area contributed by atoms with Gasteiger partial charge in [-0.1, -0.05) is 6.07 Å². The van der Waals surface area contributed by atoms with Gasteiger partial charge in [-0.25, -0.2) is 14.4 Å². The lowest BCUT2D eigenvalue weighted by Crippen LogP contribution is -2.39. The van der Waals surface area contributed by atoms with E-state index in [4.69, 9.17) is 9.97 Å². The van der Waals surface area contributed by atoms with Crippen LogP contribution in [-0.4, -0.2) is 57.8 Å². The molecule has 166 valence electrons. The third-order valence-electron chi connectivity index (χ3n) is 6.03. The Kier molecular flexibility index (Phi) is 7.36. The number of halogens is 1. The Hall–Kier alpha value is -2.83. The molecule has 1 aromatic heterocycles. The molecule has 0 aliphatic carbocycles. The minimum atomic E-state index is -0.413. The van der Waals surface area contributed by atoms with Crippen molar-refractivity contribution in [2.45, 2.75) is 52.9 Å². The lowest BCUT2D eigenvalue weighted by molar-refractivity contribution is -0.130. The van der Waals surface area contributed by atoms with Gasteiger partial charge >= 0.3 is 0 Å². The molecule has 2 heterocycles. The Bertz CT molecular complexity index is 935. The summed E-state index contributed by atoms with van der Waals surface area (Å²) in [5.41, 5.74) is 2.87. The SMILES string of the molecule is CCN(CC)C(=O)Cc1c(C)nc(C2CCCN(C(=O)c3cccc(F)c3)C2)nc1C. The molecule has 7 heteroatoms. The second-order valence-electron chi connectivity index (χ2n) is 8.07. The van der Waals surface area contributed by atoms with Crippen molar-refractivity contribution in [1.82, 2.24) is 19.8 Å². The van der Waals surface area contributed by atoms with E-state index in [9.17, 15) is 14.0 Å². The van der Waals surface area contributed by atoms with Crippen LogP contribution in [0.15, 0.2) is 24.3 Å². The Labute approximate surface area is 183 Å². The van der Waals surface area contributed by atoms with Crippen LogP contribution in [0.2, 0.25) is 0 Å². The average molecular weight is 427 g/mol. The van der Waals surface area contributed by atoms with Gasteiger partial charge in [0, 0.05) is 54.6 Å². The van der Waals surface area contributed by atoms with Gasteiger partial charge in [0.25, 0.3) is 5.91 Å². The molecule has 1 saturated heterocycles. The zero-order valence-electron chi connectivity index (χ0n) is 18.8. The van der Waals surface area contributed by atoms with Gasteiger partial charge in [0.1, 0.15) is 11.6 Å². The fourth-order valence-corrected chi connectivity index (χ4v) is 4.22. The summed E-state index contributed by atoms with van der Waals surface area (Å²) in [6.45, 7) is 10.3. The molecule has 1 unspecified atom stereocenters. The van der Waals surface area contributed by atoms with E-state index in [1.165, 1.54) is 12.1 Å². The van der Waals surface area contributed by atoms with E-state index >= 15 is 0 Å². The Morgan fingerprint density at radius 3 is 2.45 bits per heavy atom. The van der Waals surface area contributed by atoms with Gasteiger partial charge in [0.2, 0.25) is 5.91 Å². The summed E-state index contributed by atoms with van der Waals surface area (Å²) in [5.74, 6) is 0.238. The zero-order chi connectivity index (χ0) is 22.5. The summed E-state index contributed by atoms with van der Waals surface area (Å²) in [6, 6.07) is 5.81. The van der Waals surface area contributed by atoms with Crippen molar-refractivity contribution < 1.29 is 14.0 Å². The number of benzene rings is 1. The highest BCUT2D eigenvalue weighted by Crippen LogP contribution is 2.27. The quantitative estimate of drug-likeness (QED) is 0.707. The van der Waals surface area contributed by atoms with Gasteiger partial charge in [-0.05, 0) is 58.7 Å². The molecule has 2 amide bonds. The molecule has 1 fully saturated rings. The van der Waals surface area contributed by atoms with E-state index in [0.717, 1.165) is 29.8 Å². The highest BCUT2D eigenvalue weighted by molar-refractivity contribution is 5.94. The summed E-state index contributed by atoms with van der Waals surface area (Å²) in [5, 5.41) is 0. The molecule has 1 aliphatic heterocycles. The summed E-state index contributed by atoms with van der Waals surface area (Å²) in [7, 11) is 0. The van der Waals surface area contributed by atoms with Gasteiger partial charge in [-0.2, -0.15) is 0 Å². The number of amides is 2. The Balaban J connectivity index is 1.76. The molecule has 2 aromatic rings. The summed E-state index contributed by atoms with van der Waals surface area (Å²) in [6.07, 6.45) is 2.04. The third-order valence-corrected chi connectivity index (χ3v) is 6.03. The van der Waals surface area contributed by atoms with Crippen molar-refractivity contribution in [1.29, 1.82) is 0 Å². The van der Waals surface area contributed by atoms with Gasteiger partial charge < -0.3 is 9.80 Å². The molecule has 0 spiro atoms. The summed E-state index contributed by atoms with van der Waals surface area (Å²) in [4.78, 5) is 38.4. The maximum absolute atomic E-state index is 13.5. The predicted molar refractivity (Wildman–Crippen MR) is 117 cm³/mol. The number of piperidine rings is 1. The smallest absolute Gasteiger partial charge is 0.253 e. The number of likely N-dealkylation sites (tertiary alicyclic amines) is 1. The third kappa shape index (κ3) is 5.27. The van der Waals surface area contributed by atoms with E-state index in [1.807, 2.05) is 32.6 Å². The minimum Gasteiger partial charge on any atom is -0.343 e. The number of hydrogen-bond donors (Lipinski definition) is 0. The first-order valence-electron chi connectivity index (χ1n) is 11.0. The highest BCUT2D eigenvalue weighted by Gasteiger charge is 2.28. The fourth-order valence-electron chi connectivity index (χ4n) is 4.22. The van der Waals surface area contributed by atoms with Gasteiger partial charge in [0.15, 0.2) is 0 Å². The number of aromatic nitrogens is 2. The normalized spacial score (nSPS) is 16.3. The molecule has 0 bridgehead atoms. The number of carbonyl (C=O) groups excluding carboxylic acids is 2. The molecule has 6 nitrogen and oxygen atoms in total. The lowest BCUT2D eigenvalue weighted by atomic mass is 9.95. The number of aryl methyl sites for hydroxylation is 2. The maximum Gasteiger partial charge on any atom is 0.253 e. The number of carbonyl (C=O) groups is 2. The fraction of sp³-hybridized carbons (Fsp3) is 0.500. The largest absolute Gasteiger partial charge is 0.343 e. The Morgan fingerprint density at radius 2 is 1.84 bits per heavy atom. The molecule has 1 atom stereocenters. The lowest BCUT2D eigenvalue weighted by Gasteiger charge is -2.32. The molecular weight excluding hydrogens is 395 g/mol. The van der Waals surface area contributed by atoms with Crippen molar-refractivity contribution in [3.05, 3.63) is 58.4 Å². The van der Waals surface area contributed by atoms with Crippen LogP contribution in [-0.2, 0) is 11.2 Å². The molecule has 3 rings (SSSR count). The Morgan fingerprint density at radius 1 is 1.16 bits per heavy atom. The molecular formula is C24H31FN4O2. The van der Waals surface area contributed by atoms with Crippen molar-refractivity contribution in [3.8, 4) is 0 Å². The monoisotopic (exact) mass is 426 g/mol. The molecule has 31 heavy (non-hydrogen) atoms. The number of likely N-dealkylation sites (N-methyl/N-ethyl adjacent to an activating group) is 1. The van der Waals surface area contributed by atoms with Crippen molar-refractivity contribution >= 4 is 11.8 Å². The van der Waals surface area contributed by atoms with Crippen LogP contribution in [0, 0.1) is 19.7 Å². The predicted octanol–water partition coefficient (Wildman–Crippen LogP) is 3.66. The van der Waals surface area contributed by atoms with Crippen molar-refractivity contribution in [2.24, 2.45) is 0 Å². The van der Waals surface area contributed by atoms with E-state index in [1.54, 1.807) is 17.0 Å². The molecule has 0 saturated carbocycles. The van der Waals surface area contributed by atoms with Gasteiger partial charge in [-0.3, -0.25) is 9.59 Å². The molecule has 1 aromatic carbocycles. The van der Waals surface area contributed by atoms with E-state index in [-0.39, 0.29) is 17.7 Å². The van der Waals surface area contributed by atoms with Crippen LogP contribution in [0.25, 0.3) is 0 Å². The molecule has 1 aliphatic rings. The first-order valence-corrected chi connectivity index (χ1v) is 11.0. The van der Waals surface area contributed by atoms with Crippen molar-refractivity contribution in [2.75, 3.05) is 26.2 Å². The van der Waals surface area contributed by atoms with Crippen LogP contribution < -0.4 is 0 Å². The first kappa shape index (κ1) is 22.8. The summed E-state index contributed by atoms with van der Waals surface area (Å²) < 4.78 is 13.5. The van der Waals surface area contributed by atoms with E-state index in [0.29, 0.717) is 44.0 Å². The number of rotatable bonds is 6. The number of hydrogen-bond acceptors (Lipinski definition) is 4. The van der Waals surface area contributed by atoms with Crippen LogP contribution in [0.3, 0.4) is 0 Å². The van der Waals surface area contributed by atoms with Crippen LogP contribution in [0.5, 0.6) is 0 Å². The molecule has 0 N–H and O–H groups in total. The van der Waals surface area contributed by atoms with Crippen LogP contribution >= 0.6 is 0 Å². The number of nitrogens with zero attached hydrogens (tertiary/aromatic N) is 4. The minimum absolute atomic E-state index is 0.0243. The van der Waals surface area contributed by atoms with Gasteiger partial charge in [-0.15, -0.1) is 0 Å². The molecule has 0 radical (unpaired) electrons. The maximum atomic E-state index is 13.5. The second kappa shape index (κ2) is 9.98. The van der Waals surface area contributed by atoms with E-state index < -0.39 is 5.82 Å². The zero-order valence-corrected chi connectivity index (χ0v) is 18.8. The van der Waals surface area contributed by atoms with E-state index in [2.05, 4.69) is 0 Å². The van der Waals surface area contributed by atoms with Crippen LogP contribution in [0.1, 0.15) is 65.7 Å². The topological polar surface area (TPSA) is 66.4 Å². The van der Waals surface area contributed by atoms with Gasteiger partial charge in [0.05, 0.1) is 6.42 Å². The first-order chi connectivity index (χ1) is 14.8. The highest BCUT2D eigenvalue weighted by atomic mass is 19.1. The average Bonchev–Trinajstić information content (AvgIpc) is 2.76. The standard InChI is InChI=1S/C24H31FN4O2/c1-5-28(6-2)22(30)14-21-16(3)26-23(27-17(21)4)19-10-8-12-29(15-19)24(31)18-9-7-11-20(25)13-18/h7,9,11,13,19H,5-6,8,10,12,14-15H2,1-4H3. The second-order valence-corrected chi connectivity index (χ2v) is 8.07.